The second kappa shape index (κ2) is 4.90. The molecule has 1 amide bonds. The number of nitrogens with one attached hydrogen (secondary N) is 1. The van der Waals surface area contributed by atoms with Crippen molar-refractivity contribution in [2.45, 2.75) is 6.04 Å². The molecule has 84 valence electrons. The zero-order chi connectivity index (χ0) is 11.4. The second-order valence-corrected chi connectivity index (χ2v) is 3.63. The number of rotatable bonds is 3. The van der Waals surface area contributed by atoms with Crippen LogP contribution in [-0.4, -0.2) is 25.2 Å². The van der Waals surface area contributed by atoms with Crippen LogP contribution < -0.4 is 5.32 Å². The number of ether oxygens (including phenoxy) is 1. The molecule has 0 aromatic heterocycles. The zero-order valence-corrected chi connectivity index (χ0v) is 8.65. The molecule has 1 aromatic carbocycles. The summed E-state index contributed by atoms with van der Waals surface area (Å²) >= 11 is 0. The van der Waals surface area contributed by atoms with Gasteiger partial charge in [0.25, 0.3) is 0 Å². The van der Waals surface area contributed by atoms with Crippen molar-refractivity contribution >= 4 is 12.0 Å². The number of carbonyl (C=O) groups is 1. The van der Waals surface area contributed by atoms with E-state index in [0.717, 1.165) is 0 Å². The molecule has 16 heavy (non-hydrogen) atoms. The molecule has 4 heteroatoms. The lowest BCUT2D eigenvalue weighted by atomic mass is 10.2. The lowest BCUT2D eigenvalue weighted by Gasteiger charge is -2.26. The average Bonchev–Trinajstić information content (AvgIpc) is 2.21. The Morgan fingerprint density at radius 3 is 2.94 bits per heavy atom. The van der Waals surface area contributed by atoms with Crippen molar-refractivity contribution < 1.29 is 13.9 Å². The Hall–Kier alpha value is -1.68. The van der Waals surface area contributed by atoms with Gasteiger partial charge in [-0.2, -0.15) is 0 Å². The van der Waals surface area contributed by atoms with E-state index in [1.807, 2.05) is 0 Å². The van der Waals surface area contributed by atoms with Crippen LogP contribution in [0.1, 0.15) is 5.56 Å². The first-order valence-corrected chi connectivity index (χ1v) is 5.06. The fourth-order valence-electron chi connectivity index (χ4n) is 1.35. The van der Waals surface area contributed by atoms with Crippen molar-refractivity contribution in [1.29, 1.82) is 0 Å². The summed E-state index contributed by atoms with van der Waals surface area (Å²) in [6.45, 7) is 1.14. The van der Waals surface area contributed by atoms with Crippen LogP contribution in [0, 0.1) is 5.82 Å². The predicted molar refractivity (Wildman–Crippen MR) is 58.2 cm³/mol. The Balaban J connectivity index is 1.90. The molecule has 0 saturated carbocycles. The largest absolute Gasteiger partial charge is 0.377 e. The number of halogens is 1. The summed E-state index contributed by atoms with van der Waals surface area (Å²) in [4.78, 5) is 11.4. The predicted octanol–water partition coefficient (Wildman–Crippen LogP) is 1.35. The van der Waals surface area contributed by atoms with Gasteiger partial charge in [0.05, 0.1) is 19.3 Å². The molecule has 0 unspecified atom stereocenters. The molecule has 1 fully saturated rings. The van der Waals surface area contributed by atoms with Crippen LogP contribution in [-0.2, 0) is 9.53 Å². The fraction of sp³-hybridized carbons (Fsp3) is 0.250. The van der Waals surface area contributed by atoms with E-state index in [2.05, 4.69) is 5.32 Å². The quantitative estimate of drug-likeness (QED) is 0.782. The summed E-state index contributed by atoms with van der Waals surface area (Å²) in [5.41, 5.74) is 0.667. The molecule has 2 rings (SSSR count). The van der Waals surface area contributed by atoms with Gasteiger partial charge in [-0.05, 0) is 23.8 Å². The standard InChI is InChI=1S/C12H12FNO2/c13-10-3-1-2-9(6-10)4-5-12(15)14-11-7-16-8-11/h1-6,11H,7-8H2,(H,14,15). The van der Waals surface area contributed by atoms with E-state index < -0.39 is 0 Å². The molecule has 0 bridgehead atoms. The molecule has 1 N–H and O–H groups in total. The van der Waals surface area contributed by atoms with Gasteiger partial charge in [-0.1, -0.05) is 12.1 Å². The van der Waals surface area contributed by atoms with Crippen molar-refractivity contribution in [1.82, 2.24) is 5.32 Å². The van der Waals surface area contributed by atoms with Crippen LogP contribution in [0.2, 0.25) is 0 Å². The van der Waals surface area contributed by atoms with E-state index >= 15 is 0 Å². The van der Waals surface area contributed by atoms with E-state index in [0.29, 0.717) is 18.8 Å². The van der Waals surface area contributed by atoms with Crippen LogP contribution in [0.4, 0.5) is 4.39 Å². The zero-order valence-electron chi connectivity index (χ0n) is 8.65. The Morgan fingerprint density at radius 1 is 1.50 bits per heavy atom. The summed E-state index contributed by atoms with van der Waals surface area (Å²) in [7, 11) is 0. The average molecular weight is 221 g/mol. The Morgan fingerprint density at radius 2 is 2.31 bits per heavy atom. The molecular weight excluding hydrogens is 209 g/mol. The van der Waals surface area contributed by atoms with Gasteiger partial charge in [-0.15, -0.1) is 0 Å². The van der Waals surface area contributed by atoms with Gasteiger partial charge in [0.15, 0.2) is 0 Å². The first kappa shape index (κ1) is 10.8. The normalized spacial score (nSPS) is 16.1. The minimum Gasteiger partial charge on any atom is -0.377 e. The van der Waals surface area contributed by atoms with Gasteiger partial charge >= 0.3 is 0 Å². The van der Waals surface area contributed by atoms with Gasteiger partial charge in [-0.25, -0.2) is 4.39 Å². The molecular formula is C12H12FNO2. The maximum absolute atomic E-state index is 12.8. The van der Waals surface area contributed by atoms with E-state index in [4.69, 9.17) is 4.74 Å². The molecule has 1 aliphatic rings. The van der Waals surface area contributed by atoms with Crippen LogP contribution in [0.3, 0.4) is 0 Å². The fourth-order valence-corrected chi connectivity index (χ4v) is 1.35. The number of hydrogen-bond acceptors (Lipinski definition) is 2. The monoisotopic (exact) mass is 221 g/mol. The first-order chi connectivity index (χ1) is 7.74. The van der Waals surface area contributed by atoms with Gasteiger partial charge in [0, 0.05) is 6.08 Å². The number of amides is 1. The summed E-state index contributed by atoms with van der Waals surface area (Å²) in [5.74, 6) is -0.493. The lowest BCUT2D eigenvalue weighted by Crippen LogP contribution is -2.48. The molecule has 1 heterocycles. The van der Waals surface area contributed by atoms with E-state index in [1.165, 1.54) is 18.2 Å². The van der Waals surface area contributed by atoms with Gasteiger partial charge in [0.1, 0.15) is 5.82 Å². The third kappa shape index (κ3) is 2.90. The Labute approximate surface area is 92.9 Å². The van der Waals surface area contributed by atoms with Crippen LogP contribution in [0.25, 0.3) is 6.08 Å². The summed E-state index contributed by atoms with van der Waals surface area (Å²) in [6.07, 6.45) is 2.98. The highest BCUT2D eigenvalue weighted by Gasteiger charge is 2.18. The van der Waals surface area contributed by atoms with Gasteiger partial charge < -0.3 is 10.1 Å². The first-order valence-electron chi connectivity index (χ1n) is 5.06. The van der Waals surface area contributed by atoms with Crippen LogP contribution in [0.15, 0.2) is 30.3 Å². The Kier molecular flexibility index (Phi) is 3.31. The maximum Gasteiger partial charge on any atom is 0.244 e. The van der Waals surface area contributed by atoms with Crippen molar-refractivity contribution in [3.8, 4) is 0 Å². The lowest BCUT2D eigenvalue weighted by molar-refractivity contribution is -0.120. The molecule has 0 atom stereocenters. The maximum atomic E-state index is 12.8. The van der Waals surface area contributed by atoms with Crippen molar-refractivity contribution in [2.75, 3.05) is 13.2 Å². The smallest absolute Gasteiger partial charge is 0.244 e. The molecule has 1 aromatic rings. The van der Waals surface area contributed by atoms with Crippen LogP contribution >= 0.6 is 0 Å². The molecule has 0 aliphatic carbocycles. The van der Waals surface area contributed by atoms with E-state index in [1.54, 1.807) is 18.2 Å². The third-order valence-corrected chi connectivity index (χ3v) is 2.26. The third-order valence-electron chi connectivity index (χ3n) is 2.26. The molecule has 3 nitrogen and oxygen atoms in total. The summed E-state index contributed by atoms with van der Waals surface area (Å²) in [6, 6.07) is 6.19. The van der Waals surface area contributed by atoms with E-state index in [9.17, 15) is 9.18 Å². The topological polar surface area (TPSA) is 38.3 Å². The minimum atomic E-state index is -0.310. The van der Waals surface area contributed by atoms with Gasteiger partial charge in [-0.3, -0.25) is 4.79 Å². The second-order valence-electron chi connectivity index (χ2n) is 3.63. The van der Waals surface area contributed by atoms with Crippen molar-refractivity contribution in [3.05, 3.63) is 41.7 Å². The summed E-state index contributed by atoms with van der Waals surface area (Å²) < 4.78 is 17.7. The molecule has 0 spiro atoms. The highest BCUT2D eigenvalue weighted by Crippen LogP contribution is 2.05. The van der Waals surface area contributed by atoms with Gasteiger partial charge in [0.2, 0.25) is 5.91 Å². The number of carbonyl (C=O) groups excluding carboxylic acids is 1. The molecule has 1 aliphatic heterocycles. The van der Waals surface area contributed by atoms with E-state index in [-0.39, 0.29) is 17.8 Å². The SMILES string of the molecule is O=C(C=Cc1cccc(F)c1)NC1COC1. The van der Waals surface area contributed by atoms with Crippen molar-refractivity contribution in [3.63, 3.8) is 0 Å². The molecule has 1 saturated heterocycles. The number of hydrogen-bond donors (Lipinski definition) is 1. The minimum absolute atomic E-state index is 0.115. The highest BCUT2D eigenvalue weighted by atomic mass is 19.1. The molecule has 0 radical (unpaired) electrons. The highest BCUT2D eigenvalue weighted by molar-refractivity contribution is 5.91. The van der Waals surface area contributed by atoms with Crippen molar-refractivity contribution in [2.24, 2.45) is 0 Å². The number of benzene rings is 1. The Bertz CT molecular complexity index is 413. The summed E-state index contributed by atoms with van der Waals surface area (Å²) in [5, 5.41) is 2.76. The van der Waals surface area contributed by atoms with Crippen LogP contribution in [0.5, 0.6) is 0 Å².